The van der Waals surface area contributed by atoms with Crippen LogP contribution in [0.5, 0.6) is 11.5 Å². The molecule has 1 heterocycles. The van der Waals surface area contributed by atoms with E-state index in [0.717, 1.165) is 16.5 Å². The quantitative estimate of drug-likeness (QED) is 0.378. The van der Waals surface area contributed by atoms with Crippen molar-refractivity contribution in [2.75, 3.05) is 7.11 Å². The number of benzene rings is 3. The van der Waals surface area contributed by atoms with E-state index < -0.39 is 11.8 Å². The van der Waals surface area contributed by atoms with Crippen LogP contribution in [0.15, 0.2) is 72.9 Å². The number of ether oxygens (including phenoxy) is 2. The molecule has 0 bridgehead atoms. The number of fused-ring (bicyclic) bond motifs is 1. The van der Waals surface area contributed by atoms with E-state index in [1.807, 2.05) is 36.4 Å². The lowest BCUT2D eigenvalue weighted by Gasteiger charge is -2.13. The zero-order valence-corrected chi connectivity index (χ0v) is 17.9. The lowest BCUT2D eigenvalue weighted by Crippen LogP contribution is -2.41. The van der Waals surface area contributed by atoms with E-state index in [4.69, 9.17) is 21.1 Å². The summed E-state index contributed by atoms with van der Waals surface area (Å²) in [6, 6.07) is 19.5. The Morgan fingerprint density at radius 3 is 2.47 bits per heavy atom. The molecule has 0 fully saturated rings. The van der Waals surface area contributed by atoms with Crippen LogP contribution in [0, 0.1) is 0 Å². The number of aromatic nitrogens is 1. The van der Waals surface area contributed by atoms with E-state index in [1.54, 1.807) is 36.5 Å². The Bertz CT molecular complexity index is 1270. The minimum absolute atomic E-state index is 0.305. The van der Waals surface area contributed by atoms with Crippen molar-refractivity contribution >= 4 is 34.3 Å². The average molecular weight is 450 g/mol. The molecule has 4 rings (SSSR count). The summed E-state index contributed by atoms with van der Waals surface area (Å²) in [4.78, 5) is 28.0. The first-order valence-electron chi connectivity index (χ1n) is 9.77. The Morgan fingerprint density at radius 2 is 1.69 bits per heavy atom. The van der Waals surface area contributed by atoms with Crippen molar-refractivity contribution in [2.45, 2.75) is 6.61 Å². The van der Waals surface area contributed by atoms with Crippen molar-refractivity contribution in [3.63, 3.8) is 0 Å². The standard InChI is InChI=1S/C24H20ClN3O4/c1-31-22-12-16(8-11-21(22)32-14-15-6-9-17(25)10-7-15)23(29)27-28-24(30)19-13-26-20-5-3-2-4-18(19)20/h2-13,26H,14H2,1H3,(H,27,29)(H,28,30). The van der Waals surface area contributed by atoms with Crippen molar-refractivity contribution in [2.24, 2.45) is 0 Å². The maximum absolute atomic E-state index is 12.5. The second-order valence-corrected chi connectivity index (χ2v) is 7.37. The maximum Gasteiger partial charge on any atom is 0.271 e. The van der Waals surface area contributed by atoms with Crippen molar-refractivity contribution in [3.05, 3.63) is 94.6 Å². The third-order valence-corrected chi connectivity index (χ3v) is 5.11. The molecule has 4 aromatic rings. The van der Waals surface area contributed by atoms with Gasteiger partial charge in [0, 0.05) is 27.7 Å². The summed E-state index contributed by atoms with van der Waals surface area (Å²) in [7, 11) is 1.49. The molecule has 3 N–H and O–H groups in total. The highest BCUT2D eigenvalue weighted by Crippen LogP contribution is 2.29. The highest BCUT2D eigenvalue weighted by molar-refractivity contribution is 6.30. The summed E-state index contributed by atoms with van der Waals surface area (Å²) in [6.07, 6.45) is 1.60. The van der Waals surface area contributed by atoms with E-state index in [0.29, 0.717) is 34.3 Å². The Morgan fingerprint density at radius 1 is 0.938 bits per heavy atom. The minimum atomic E-state index is -0.485. The number of para-hydroxylation sites is 1. The van der Waals surface area contributed by atoms with Gasteiger partial charge in [-0.05, 0) is 42.0 Å². The number of carbonyl (C=O) groups is 2. The number of methoxy groups -OCH3 is 1. The molecular formula is C24H20ClN3O4. The zero-order valence-electron chi connectivity index (χ0n) is 17.1. The lowest BCUT2D eigenvalue weighted by molar-refractivity contribution is 0.0847. The van der Waals surface area contributed by atoms with Crippen LogP contribution in [-0.2, 0) is 6.61 Å². The molecule has 7 nitrogen and oxygen atoms in total. The van der Waals surface area contributed by atoms with Gasteiger partial charge in [0.1, 0.15) is 6.61 Å². The fourth-order valence-electron chi connectivity index (χ4n) is 3.18. The Labute approximate surface area is 189 Å². The van der Waals surface area contributed by atoms with Gasteiger partial charge in [0.15, 0.2) is 11.5 Å². The smallest absolute Gasteiger partial charge is 0.271 e. The van der Waals surface area contributed by atoms with Crippen LogP contribution >= 0.6 is 11.6 Å². The Hall–Kier alpha value is -3.97. The van der Waals surface area contributed by atoms with E-state index in [1.165, 1.54) is 7.11 Å². The summed E-state index contributed by atoms with van der Waals surface area (Å²) >= 11 is 5.90. The van der Waals surface area contributed by atoms with E-state index >= 15 is 0 Å². The molecule has 0 aliphatic rings. The van der Waals surface area contributed by atoms with Gasteiger partial charge in [-0.1, -0.05) is 41.9 Å². The molecule has 0 spiro atoms. The largest absolute Gasteiger partial charge is 0.493 e. The number of halogens is 1. The second-order valence-electron chi connectivity index (χ2n) is 6.94. The van der Waals surface area contributed by atoms with Gasteiger partial charge in [-0.15, -0.1) is 0 Å². The fourth-order valence-corrected chi connectivity index (χ4v) is 3.31. The van der Waals surface area contributed by atoms with Crippen LogP contribution in [0.2, 0.25) is 5.02 Å². The lowest BCUT2D eigenvalue weighted by atomic mass is 10.1. The van der Waals surface area contributed by atoms with Crippen LogP contribution in [0.25, 0.3) is 10.9 Å². The number of nitrogens with one attached hydrogen (secondary N) is 3. The molecule has 0 aliphatic heterocycles. The monoisotopic (exact) mass is 449 g/mol. The second kappa shape index (κ2) is 9.45. The average Bonchev–Trinajstić information content (AvgIpc) is 3.26. The van der Waals surface area contributed by atoms with Crippen LogP contribution < -0.4 is 20.3 Å². The predicted octanol–water partition coefficient (Wildman–Crippen LogP) is 4.48. The van der Waals surface area contributed by atoms with Crippen LogP contribution in [0.1, 0.15) is 26.3 Å². The first-order valence-corrected chi connectivity index (χ1v) is 10.1. The van der Waals surface area contributed by atoms with Crippen LogP contribution in [0.4, 0.5) is 0 Å². The summed E-state index contributed by atoms with van der Waals surface area (Å²) in [5, 5.41) is 1.42. The van der Waals surface area contributed by atoms with Crippen molar-refractivity contribution in [3.8, 4) is 11.5 Å². The van der Waals surface area contributed by atoms with E-state index in [-0.39, 0.29) is 0 Å². The summed E-state index contributed by atoms with van der Waals surface area (Å²) in [5.74, 6) is -0.0252. The molecule has 1 aromatic heterocycles. The highest BCUT2D eigenvalue weighted by Gasteiger charge is 2.15. The normalized spacial score (nSPS) is 10.6. The number of aromatic amines is 1. The summed E-state index contributed by atoms with van der Waals surface area (Å²) < 4.78 is 11.2. The van der Waals surface area contributed by atoms with E-state index in [2.05, 4.69) is 15.8 Å². The molecule has 0 unspecified atom stereocenters. The molecule has 0 radical (unpaired) electrons. The predicted molar refractivity (Wildman–Crippen MR) is 122 cm³/mol. The van der Waals surface area contributed by atoms with Gasteiger partial charge in [0.2, 0.25) is 0 Å². The van der Waals surface area contributed by atoms with Gasteiger partial charge in [-0.2, -0.15) is 0 Å². The first-order chi connectivity index (χ1) is 15.5. The van der Waals surface area contributed by atoms with Gasteiger partial charge < -0.3 is 14.5 Å². The number of rotatable bonds is 6. The molecule has 0 saturated heterocycles. The van der Waals surface area contributed by atoms with Gasteiger partial charge in [0.25, 0.3) is 11.8 Å². The highest BCUT2D eigenvalue weighted by atomic mass is 35.5. The molecule has 3 aromatic carbocycles. The number of H-pyrrole nitrogens is 1. The molecular weight excluding hydrogens is 430 g/mol. The van der Waals surface area contributed by atoms with E-state index in [9.17, 15) is 9.59 Å². The molecule has 2 amide bonds. The number of hydrazine groups is 1. The molecule has 162 valence electrons. The Balaban J connectivity index is 1.40. The summed E-state index contributed by atoms with van der Waals surface area (Å²) in [5.41, 5.74) is 7.38. The Kier molecular flexibility index (Phi) is 6.28. The maximum atomic E-state index is 12.5. The fraction of sp³-hybridized carbons (Fsp3) is 0.0833. The number of hydrogen-bond donors (Lipinski definition) is 3. The zero-order chi connectivity index (χ0) is 22.5. The van der Waals surface area contributed by atoms with Crippen molar-refractivity contribution in [1.29, 1.82) is 0 Å². The van der Waals surface area contributed by atoms with Crippen molar-refractivity contribution in [1.82, 2.24) is 15.8 Å². The van der Waals surface area contributed by atoms with Gasteiger partial charge in [0.05, 0.1) is 12.7 Å². The molecule has 0 aliphatic carbocycles. The number of hydrogen-bond acceptors (Lipinski definition) is 4. The first kappa shape index (κ1) is 21.3. The molecule has 8 heteroatoms. The third kappa shape index (κ3) is 4.68. The number of carbonyl (C=O) groups excluding carboxylic acids is 2. The molecule has 0 saturated carbocycles. The molecule has 32 heavy (non-hydrogen) atoms. The van der Waals surface area contributed by atoms with Crippen LogP contribution in [0.3, 0.4) is 0 Å². The van der Waals surface area contributed by atoms with Crippen LogP contribution in [-0.4, -0.2) is 23.9 Å². The SMILES string of the molecule is COc1cc(C(=O)NNC(=O)c2c[nH]c3ccccc23)ccc1OCc1ccc(Cl)cc1. The topological polar surface area (TPSA) is 92.5 Å². The number of amides is 2. The minimum Gasteiger partial charge on any atom is -0.493 e. The molecule has 0 atom stereocenters. The van der Waals surface area contributed by atoms with Gasteiger partial charge in [-0.3, -0.25) is 20.4 Å². The third-order valence-electron chi connectivity index (χ3n) is 4.86. The summed E-state index contributed by atoms with van der Waals surface area (Å²) in [6.45, 7) is 0.319. The van der Waals surface area contributed by atoms with Crippen molar-refractivity contribution < 1.29 is 19.1 Å². The van der Waals surface area contributed by atoms with Gasteiger partial charge in [-0.25, -0.2) is 0 Å². The van der Waals surface area contributed by atoms with Gasteiger partial charge >= 0.3 is 0 Å².